The molecule has 1 rings (SSSR count). The molecule has 10 heteroatoms. The van der Waals surface area contributed by atoms with E-state index in [1.807, 2.05) is 11.8 Å². The van der Waals surface area contributed by atoms with E-state index < -0.39 is 6.04 Å². The van der Waals surface area contributed by atoms with Crippen LogP contribution in [0.5, 0.6) is 0 Å². The molecule has 0 bridgehead atoms. The van der Waals surface area contributed by atoms with Gasteiger partial charge in [-0.05, 0) is 32.1 Å². The molecule has 0 unspecified atom stereocenters. The first-order valence-corrected chi connectivity index (χ1v) is 10.8. The van der Waals surface area contributed by atoms with Crippen LogP contribution in [0.4, 0.5) is 0 Å². The summed E-state index contributed by atoms with van der Waals surface area (Å²) in [6.07, 6.45) is 5.39. The van der Waals surface area contributed by atoms with Gasteiger partial charge in [-0.2, -0.15) is 5.10 Å². The van der Waals surface area contributed by atoms with Gasteiger partial charge in [-0.25, -0.2) is 0 Å². The number of hydrogen-bond acceptors (Lipinski definition) is 7. The highest BCUT2D eigenvalue weighted by atomic mass is 16.5. The number of ether oxygens (including phenoxy) is 1. The first kappa shape index (κ1) is 25.7. The second-order valence-electron chi connectivity index (χ2n) is 7.62. The number of piperidine rings is 1. The molecule has 1 aliphatic heterocycles. The molecule has 0 aromatic carbocycles. The van der Waals surface area contributed by atoms with Crippen molar-refractivity contribution in [1.29, 1.82) is 0 Å². The van der Waals surface area contributed by atoms with Gasteiger partial charge in [0, 0.05) is 32.7 Å². The summed E-state index contributed by atoms with van der Waals surface area (Å²) in [5.41, 5.74) is 6.02. The number of carbonyl (C=O) groups excluding carboxylic acids is 3. The fourth-order valence-electron chi connectivity index (χ4n) is 3.46. The third-order valence-electron chi connectivity index (χ3n) is 5.08. The van der Waals surface area contributed by atoms with Crippen LogP contribution in [-0.2, 0) is 19.1 Å². The minimum absolute atomic E-state index is 0.0818. The number of likely N-dealkylation sites (tertiary alicyclic amines) is 1. The van der Waals surface area contributed by atoms with Crippen molar-refractivity contribution in [2.75, 3.05) is 39.3 Å². The van der Waals surface area contributed by atoms with Gasteiger partial charge >= 0.3 is 5.97 Å². The van der Waals surface area contributed by atoms with Crippen molar-refractivity contribution in [2.45, 2.75) is 58.4 Å². The molecular formula is C20H38N6O4. The second kappa shape index (κ2) is 14.6. The maximum absolute atomic E-state index is 12.7. The van der Waals surface area contributed by atoms with E-state index in [1.165, 1.54) is 0 Å². The number of hydrogen-bond donors (Lipinski definition) is 3. The summed E-state index contributed by atoms with van der Waals surface area (Å²) in [5.74, 6) is 4.59. The molecular weight excluding hydrogens is 388 g/mol. The normalized spacial score (nSPS) is 17.6. The standard InChI is InChI=1S/C20H38N6O4/c1-3-5-10-26(11-8-19(28)30-4-2)20(29)17(21)12-18(27)23-13-16-7-6-9-25(14-16)15-24-22/h15-17H,3-14,21-22H2,1-2H3,(H,23,27)/t16-,17-/m0/s1. The Labute approximate surface area is 179 Å². The van der Waals surface area contributed by atoms with Crippen LogP contribution in [0.3, 0.4) is 0 Å². The van der Waals surface area contributed by atoms with Gasteiger partial charge in [0.25, 0.3) is 0 Å². The number of hydrazone groups is 1. The molecule has 0 radical (unpaired) electrons. The molecule has 0 spiro atoms. The third-order valence-corrected chi connectivity index (χ3v) is 5.08. The third kappa shape index (κ3) is 9.91. The van der Waals surface area contributed by atoms with Crippen LogP contribution in [0, 0.1) is 5.92 Å². The zero-order chi connectivity index (χ0) is 22.4. The van der Waals surface area contributed by atoms with Gasteiger partial charge in [0.05, 0.1) is 25.5 Å². The van der Waals surface area contributed by atoms with Crippen molar-refractivity contribution < 1.29 is 19.1 Å². The zero-order valence-electron chi connectivity index (χ0n) is 18.3. The van der Waals surface area contributed by atoms with Crippen molar-refractivity contribution in [3.63, 3.8) is 0 Å². The number of rotatable bonds is 13. The van der Waals surface area contributed by atoms with E-state index in [4.69, 9.17) is 16.3 Å². The SMILES string of the molecule is CCCCN(CCC(=O)OCC)C(=O)[C@@H](N)CC(=O)NC[C@@H]1CCCN(C=NN)C1. The van der Waals surface area contributed by atoms with Gasteiger partial charge in [0.15, 0.2) is 0 Å². The average Bonchev–Trinajstić information content (AvgIpc) is 2.72. The number of nitrogens with two attached hydrogens (primary N) is 2. The summed E-state index contributed by atoms with van der Waals surface area (Å²) in [7, 11) is 0. The zero-order valence-corrected chi connectivity index (χ0v) is 18.3. The molecule has 10 nitrogen and oxygen atoms in total. The molecule has 30 heavy (non-hydrogen) atoms. The van der Waals surface area contributed by atoms with E-state index >= 15 is 0 Å². The van der Waals surface area contributed by atoms with Gasteiger partial charge in [0.1, 0.15) is 6.34 Å². The van der Waals surface area contributed by atoms with Crippen LogP contribution >= 0.6 is 0 Å². The largest absolute Gasteiger partial charge is 0.466 e. The molecule has 172 valence electrons. The van der Waals surface area contributed by atoms with E-state index in [2.05, 4.69) is 10.4 Å². The van der Waals surface area contributed by atoms with Gasteiger partial charge in [-0.15, -0.1) is 0 Å². The number of nitrogens with one attached hydrogen (secondary N) is 1. The van der Waals surface area contributed by atoms with Crippen molar-refractivity contribution in [2.24, 2.45) is 22.6 Å². The molecule has 1 fully saturated rings. The monoisotopic (exact) mass is 426 g/mol. The van der Waals surface area contributed by atoms with Crippen molar-refractivity contribution >= 4 is 24.1 Å². The smallest absolute Gasteiger partial charge is 0.307 e. The predicted molar refractivity (Wildman–Crippen MR) is 115 cm³/mol. The number of unbranched alkanes of at least 4 members (excludes halogenated alkanes) is 1. The lowest BCUT2D eigenvalue weighted by Crippen LogP contribution is -2.48. The van der Waals surface area contributed by atoms with Crippen LogP contribution < -0.4 is 16.9 Å². The Morgan fingerprint density at radius 2 is 2.10 bits per heavy atom. The molecule has 1 aliphatic rings. The summed E-state index contributed by atoms with van der Waals surface area (Å²) < 4.78 is 4.92. The topological polar surface area (TPSA) is 143 Å². The minimum atomic E-state index is -0.934. The van der Waals surface area contributed by atoms with Crippen LogP contribution in [-0.4, -0.2) is 79.3 Å². The Morgan fingerprint density at radius 1 is 1.33 bits per heavy atom. The quantitative estimate of drug-likeness (QED) is 0.124. The predicted octanol–water partition coefficient (Wildman–Crippen LogP) is 0.0159. The van der Waals surface area contributed by atoms with Crippen LogP contribution in [0.15, 0.2) is 5.10 Å². The summed E-state index contributed by atoms with van der Waals surface area (Å²) in [6.45, 7) is 7.03. The van der Waals surface area contributed by atoms with Crippen LogP contribution in [0.25, 0.3) is 0 Å². The molecule has 0 aliphatic carbocycles. The first-order chi connectivity index (χ1) is 14.4. The number of esters is 1. The van der Waals surface area contributed by atoms with Crippen molar-refractivity contribution in [3.8, 4) is 0 Å². The Balaban J connectivity index is 2.47. The molecule has 0 saturated carbocycles. The summed E-state index contributed by atoms with van der Waals surface area (Å²) in [4.78, 5) is 40.2. The summed E-state index contributed by atoms with van der Waals surface area (Å²) in [5, 5.41) is 6.43. The number of nitrogens with zero attached hydrogens (tertiary/aromatic N) is 3. The van der Waals surface area contributed by atoms with E-state index in [-0.39, 0.29) is 37.2 Å². The first-order valence-electron chi connectivity index (χ1n) is 10.8. The van der Waals surface area contributed by atoms with Crippen molar-refractivity contribution in [1.82, 2.24) is 15.1 Å². The van der Waals surface area contributed by atoms with E-state index in [9.17, 15) is 14.4 Å². The Morgan fingerprint density at radius 3 is 2.77 bits per heavy atom. The minimum Gasteiger partial charge on any atom is -0.466 e. The van der Waals surface area contributed by atoms with E-state index in [1.54, 1.807) is 18.2 Å². The fourth-order valence-corrected chi connectivity index (χ4v) is 3.46. The molecule has 0 aromatic rings. The van der Waals surface area contributed by atoms with E-state index in [0.717, 1.165) is 38.8 Å². The lowest BCUT2D eigenvalue weighted by molar-refractivity contribution is -0.144. The maximum Gasteiger partial charge on any atom is 0.307 e. The van der Waals surface area contributed by atoms with E-state index in [0.29, 0.717) is 25.6 Å². The fraction of sp³-hybridized carbons (Fsp3) is 0.800. The maximum atomic E-state index is 12.7. The Bertz CT molecular complexity index is 571. The van der Waals surface area contributed by atoms with Crippen LogP contribution in [0.1, 0.15) is 52.4 Å². The summed E-state index contributed by atoms with van der Waals surface area (Å²) in [6, 6.07) is -0.934. The number of amides is 2. The summed E-state index contributed by atoms with van der Waals surface area (Å²) >= 11 is 0. The van der Waals surface area contributed by atoms with Gasteiger partial charge in [-0.3, -0.25) is 14.4 Å². The van der Waals surface area contributed by atoms with Gasteiger partial charge in [0.2, 0.25) is 11.8 Å². The highest BCUT2D eigenvalue weighted by Crippen LogP contribution is 2.14. The van der Waals surface area contributed by atoms with Gasteiger partial charge < -0.3 is 31.4 Å². The van der Waals surface area contributed by atoms with Crippen LogP contribution in [0.2, 0.25) is 0 Å². The van der Waals surface area contributed by atoms with Crippen molar-refractivity contribution in [3.05, 3.63) is 0 Å². The second-order valence-corrected chi connectivity index (χ2v) is 7.62. The lowest BCUT2D eigenvalue weighted by Gasteiger charge is -2.31. The lowest BCUT2D eigenvalue weighted by atomic mass is 9.98. The molecule has 5 N–H and O–H groups in total. The highest BCUT2D eigenvalue weighted by Gasteiger charge is 2.25. The molecule has 1 heterocycles. The average molecular weight is 427 g/mol. The molecule has 2 atom stereocenters. The molecule has 2 amide bonds. The Kier molecular flexibility index (Phi) is 12.5. The van der Waals surface area contributed by atoms with Gasteiger partial charge in [-0.1, -0.05) is 13.3 Å². The number of carbonyl (C=O) groups is 3. The molecule has 0 aromatic heterocycles. The molecule has 1 saturated heterocycles. The Hall–Kier alpha value is -2.36. The highest BCUT2D eigenvalue weighted by molar-refractivity contribution is 5.88.